The lowest BCUT2D eigenvalue weighted by atomic mass is 9.97. The third kappa shape index (κ3) is 5.13. The summed E-state index contributed by atoms with van der Waals surface area (Å²) in [7, 11) is 0. The number of hydrogen-bond donors (Lipinski definition) is 0. The molecule has 3 heteroatoms. The van der Waals surface area contributed by atoms with E-state index in [1.807, 2.05) is 6.07 Å². The normalized spacial score (nSPS) is 11.6. The summed E-state index contributed by atoms with van der Waals surface area (Å²) in [6, 6.07) is 73.9. The van der Waals surface area contributed by atoms with Crippen molar-refractivity contribution in [2.75, 3.05) is 4.90 Å². The number of furan rings is 1. The van der Waals surface area contributed by atoms with Gasteiger partial charge in [0.2, 0.25) is 0 Å². The van der Waals surface area contributed by atoms with E-state index in [1.165, 1.54) is 43.7 Å². The Hall–Kier alpha value is -7.36. The molecule has 0 unspecified atom stereocenters. The Balaban J connectivity index is 1.15. The van der Waals surface area contributed by atoms with Crippen LogP contribution < -0.4 is 4.90 Å². The molecule has 0 aliphatic carbocycles. The van der Waals surface area contributed by atoms with Gasteiger partial charge in [-0.05, 0) is 94.2 Å². The fraction of sp³-hybridized carbons (Fsp3) is 0. The zero-order valence-corrected chi connectivity index (χ0v) is 29.9. The van der Waals surface area contributed by atoms with Crippen molar-refractivity contribution < 1.29 is 4.42 Å². The van der Waals surface area contributed by atoms with E-state index in [4.69, 9.17) is 4.42 Å². The van der Waals surface area contributed by atoms with Crippen molar-refractivity contribution in [2.24, 2.45) is 0 Å². The summed E-state index contributed by atoms with van der Waals surface area (Å²) in [6.07, 6.45) is 0. The van der Waals surface area contributed by atoms with Gasteiger partial charge in [-0.25, -0.2) is 0 Å². The highest BCUT2D eigenvalue weighted by Crippen LogP contribution is 2.45. The Labute approximate surface area is 318 Å². The van der Waals surface area contributed by atoms with Gasteiger partial charge in [0, 0.05) is 49.9 Å². The highest BCUT2D eigenvalue weighted by molar-refractivity contribution is 6.12. The van der Waals surface area contributed by atoms with Gasteiger partial charge >= 0.3 is 0 Å². The van der Waals surface area contributed by atoms with Gasteiger partial charge in [0.25, 0.3) is 0 Å². The first-order chi connectivity index (χ1) is 27.3. The van der Waals surface area contributed by atoms with Crippen LogP contribution in [0.1, 0.15) is 0 Å². The molecule has 0 saturated heterocycles. The van der Waals surface area contributed by atoms with Crippen molar-refractivity contribution in [2.45, 2.75) is 0 Å². The summed E-state index contributed by atoms with van der Waals surface area (Å²) in [6.45, 7) is 0. The monoisotopic (exact) mass is 702 g/mol. The van der Waals surface area contributed by atoms with E-state index >= 15 is 0 Å². The predicted octanol–water partition coefficient (Wildman–Crippen LogP) is 14.6. The summed E-state index contributed by atoms with van der Waals surface area (Å²) in [5, 5.41) is 7.14. The standard InChI is InChI=1S/C52H34N2O/c1-2-19-38(20-3-1)53(39-21-12-17-36(31-39)43-27-14-16-35-15-4-5-23-42(35)43)41-33-47(52-48(34-41)46-26-8-11-30-51(46)55-52)37-18-13-22-40(32-37)54-49-28-9-6-24-44(49)45-25-7-10-29-50(45)54/h1-34H. The molecule has 11 aromatic rings. The molecule has 0 fully saturated rings. The van der Waals surface area contributed by atoms with Gasteiger partial charge in [0.05, 0.1) is 11.0 Å². The summed E-state index contributed by atoms with van der Waals surface area (Å²) < 4.78 is 9.13. The first-order valence-corrected chi connectivity index (χ1v) is 18.8. The molecule has 0 atom stereocenters. The van der Waals surface area contributed by atoms with Crippen LogP contribution in [0.2, 0.25) is 0 Å². The Bertz CT molecular complexity index is 3170. The maximum atomic E-state index is 6.75. The number of rotatable bonds is 6. The molecule has 0 spiro atoms. The van der Waals surface area contributed by atoms with E-state index in [9.17, 15) is 0 Å². The number of fused-ring (bicyclic) bond motifs is 7. The van der Waals surface area contributed by atoms with Crippen LogP contribution in [0, 0.1) is 0 Å². The minimum Gasteiger partial charge on any atom is -0.455 e. The van der Waals surface area contributed by atoms with E-state index in [2.05, 4.69) is 210 Å². The predicted molar refractivity (Wildman–Crippen MR) is 231 cm³/mol. The molecule has 0 aliphatic rings. The SMILES string of the molecule is c1ccc(N(c2cccc(-c3cccc4ccccc34)c2)c2cc(-c3cccc(-n4c5ccccc5c5ccccc54)c3)c3oc4ccccc4c3c2)cc1. The Morgan fingerprint density at radius 3 is 1.76 bits per heavy atom. The van der Waals surface area contributed by atoms with Crippen LogP contribution in [-0.2, 0) is 0 Å². The molecule has 55 heavy (non-hydrogen) atoms. The molecule has 0 N–H and O–H groups in total. The van der Waals surface area contributed by atoms with Crippen molar-refractivity contribution in [3.8, 4) is 27.9 Å². The zero-order valence-electron chi connectivity index (χ0n) is 29.9. The number of aromatic nitrogens is 1. The number of nitrogens with zero attached hydrogens (tertiary/aromatic N) is 2. The molecule has 0 amide bonds. The molecule has 3 nitrogen and oxygen atoms in total. The second kappa shape index (κ2) is 12.6. The summed E-state index contributed by atoms with van der Waals surface area (Å²) >= 11 is 0. The van der Waals surface area contributed by atoms with Gasteiger partial charge in [-0.3, -0.25) is 0 Å². The minimum atomic E-state index is 0.874. The highest BCUT2D eigenvalue weighted by atomic mass is 16.3. The van der Waals surface area contributed by atoms with Crippen LogP contribution in [0.5, 0.6) is 0 Å². The van der Waals surface area contributed by atoms with Crippen LogP contribution in [0.4, 0.5) is 17.1 Å². The molecule has 0 saturated carbocycles. The highest BCUT2D eigenvalue weighted by Gasteiger charge is 2.21. The largest absolute Gasteiger partial charge is 0.455 e. The first-order valence-electron chi connectivity index (χ1n) is 18.8. The third-order valence-electron chi connectivity index (χ3n) is 10.9. The van der Waals surface area contributed by atoms with Crippen LogP contribution in [-0.4, -0.2) is 4.57 Å². The average Bonchev–Trinajstić information content (AvgIpc) is 3.80. The quantitative estimate of drug-likeness (QED) is 0.172. The van der Waals surface area contributed by atoms with E-state index in [1.54, 1.807) is 0 Å². The van der Waals surface area contributed by atoms with Crippen LogP contribution >= 0.6 is 0 Å². The van der Waals surface area contributed by atoms with Gasteiger partial charge in [-0.1, -0.05) is 140 Å². The number of benzene rings is 9. The fourth-order valence-electron chi connectivity index (χ4n) is 8.48. The molecule has 0 aliphatic heterocycles. The van der Waals surface area contributed by atoms with Gasteiger partial charge in [-0.15, -0.1) is 0 Å². The van der Waals surface area contributed by atoms with Crippen molar-refractivity contribution in [3.63, 3.8) is 0 Å². The molecule has 2 heterocycles. The Kier molecular flexibility index (Phi) is 7.17. The molecule has 0 radical (unpaired) electrons. The van der Waals surface area contributed by atoms with Gasteiger partial charge < -0.3 is 13.9 Å². The second-order valence-corrected chi connectivity index (χ2v) is 14.1. The van der Waals surface area contributed by atoms with Crippen LogP contribution in [0.15, 0.2) is 211 Å². The maximum absolute atomic E-state index is 6.75. The lowest BCUT2D eigenvalue weighted by Gasteiger charge is -2.27. The van der Waals surface area contributed by atoms with Gasteiger partial charge in [0.15, 0.2) is 0 Å². The number of para-hydroxylation sites is 4. The van der Waals surface area contributed by atoms with E-state index in [-0.39, 0.29) is 0 Å². The van der Waals surface area contributed by atoms with Crippen molar-refractivity contribution in [1.82, 2.24) is 4.57 Å². The Morgan fingerprint density at radius 1 is 0.364 bits per heavy atom. The number of anilines is 3. The third-order valence-corrected chi connectivity index (χ3v) is 10.9. The van der Waals surface area contributed by atoms with Crippen molar-refractivity contribution in [1.29, 1.82) is 0 Å². The van der Waals surface area contributed by atoms with Gasteiger partial charge in [-0.2, -0.15) is 0 Å². The smallest absolute Gasteiger partial charge is 0.143 e. The lowest BCUT2D eigenvalue weighted by molar-refractivity contribution is 0.670. The molecule has 258 valence electrons. The second-order valence-electron chi connectivity index (χ2n) is 14.1. The molecule has 9 aromatic carbocycles. The molecular formula is C52H34N2O. The van der Waals surface area contributed by atoms with Crippen LogP contribution in [0.25, 0.3) is 82.5 Å². The topological polar surface area (TPSA) is 21.3 Å². The van der Waals surface area contributed by atoms with Crippen LogP contribution in [0.3, 0.4) is 0 Å². The van der Waals surface area contributed by atoms with E-state index in [0.717, 1.165) is 55.8 Å². The summed E-state index contributed by atoms with van der Waals surface area (Å²) in [4.78, 5) is 2.37. The van der Waals surface area contributed by atoms with E-state index < -0.39 is 0 Å². The van der Waals surface area contributed by atoms with Crippen molar-refractivity contribution in [3.05, 3.63) is 206 Å². The summed E-state index contributed by atoms with van der Waals surface area (Å²) in [5.41, 5.74) is 12.9. The number of hydrogen-bond acceptors (Lipinski definition) is 2. The molecule has 0 bridgehead atoms. The average molecular weight is 703 g/mol. The zero-order chi connectivity index (χ0) is 36.3. The lowest BCUT2D eigenvalue weighted by Crippen LogP contribution is -2.10. The summed E-state index contributed by atoms with van der Waals surface area (Å²) in [5.74, 6) is 0. The maximum Gasteiger partial charge on any atom is 0.143 e. The molecule has 11 rings (SSSR count). The van der Waals surface area contributed by atoms with E-state index in [0.29, 0.717) is 0 Å². The molecular weight excluding hydrogens is 669 g/mol. The molecule has 2 aromatic heterocycles. The fourth-order valence-corrected chi connectivity index (χ4v) is 8.48. The van der Waals surface area contributed by atoms with Crippen molar-refractivity contribution >= 4 is 71.6 Å². The first kappa shape index (κ1) is 31.2. The minimum absolute atomic E-state index is 0.874. The van der Waals surface area contributed by atoms with Gasteiger partial charge in [0.1, 0.15) is 11.2 Å². The Morgan fingerprint density at radius 2 is 0.964 bits per heavy atom.